The molecule has 1 aromatic carbocycles. The fourth-order valence-corrected chi connectivity index (χ4v) is 4.87. The summed E-state index contributed by atoms with van der Waals surface area (Å²) in [6.45, 7) is 14.1. The van der Waals surface area contributed by atoms with E-state index in [0.717, 1.165) is 57.3 Å². The Kier molecular flexibility index (Phi) is 7.35. The number of nitrogens with zero attached hydrogens (tertiary/aromatic N) is 1. The highest BCUT2D eigenvalue weighted by Gasteiger charge is 2.41. The van der Waals surface area contributed by atoms with E-state index in [0.29, 0.717) is 6.04 Å². The Hall–Kier alpha value is -0.910. The van der Waals surface area contributed by atoms with E-state index in [1.165, 1.54) is 11.1 Å². The second-order valence-electron chi connectivity index (χ2n) is 8.20. The molecule has 5 heteroatoms. The highest BCUT2D eigenvalue weighted by atomic mass is 35.5. The van der Waals surface area contributed by atoms with Crippen LogP contribution in [0, 0.1) is 5.41 Å². The second kappa shape index (κ2) is 9.53. The predicted molar refractivity (Wildman–Crippen MR) is 115 cm³/mol. The summed E-state index contributed by atoms with van der Waals surface area (Å²) in [5, 5.41) is 11.8. The first-order chi connectivity index (χ1) is 13.1. The quantitative estimate of drug-likeness (QED) is 0.697. The van der Waals surface area contributed by atoms with Gasteiger partial charge in [0.15, 0.2) is 0 Å². The predicted octanol–water partition coefficient (Wildman–Crippen LogP) is 3.12. The third kappa shape index (κ3) is 4.75. The minimum absolute atomic E-state index is 0.0497. The van der Waals surface area contributed by atoms with Gasteiger partial charge in [0.2, 0.25) is 0 Å². The van der Waals surface area contributed by atoms with E-state index in [-0.39, 0.29) is 11.5 Å². The van der Waals surface area contributed by atoms with Gasteiger partial charge in [-0.05, 0) is 17.6 Å². The number of allylic oxidation sites excluding steroid dienone is 1. The van der Waals surface area contributed by atoms with Gasteiger partial charge in [-0.15, -0.1) is 0 Å². The smallest absolute Gasteiger partial charge is 0.0582 e. The molecule has 27 heavy (non-hydrogen) atoms. The summed E-state index contributed by atoms with van der Waals surface area (Å²) >= 11 is 6.99. The van der Waals surface area contributed by atoms with Crippen molar-refractivity contribution in [2.45, 2.75) is 39.3 Å². The lowest BCUT2D eigenvalue weighted by molar-refractivity contribution is 0.157. The van der Waals surface area contributed by atoms with Gasteiger partial charge in [0.25, 0.3) is 0 Å². The molecule has 2 heterocycles. The summed E-state index contributed by atoms with van der Waals surface area (Å²) in [5.41, 5.74) is 2.67. The average Bonchev–Trinajstić information content (AvgIpc) is 2.73. The first kappa shape index (κ1) is 20.8. The maximum atomic E-state index is 6.99. The molecule has 4 nitrogen and oxygen atoms in total. The normalized spacial score (nSPS) is 24.4. The zero-order chi connectivity index (χ0) is 19.3. The fourth-order valence-electron chi connectivity index (χ4n) is 4.53. The van der Waals surface area contributed by atoms with Crippen molar-refractivity contribution in [1.82, 2.24) is 20.9 Å². The van der Waals surface area contributed by atoms with Crippen molar-refractivity contribution < 1.29 is 0 Å². The first-order valence-electron chi connectivity index (χ1n) is 10.4. The monoisotopic (exact) mass is 390 g/mol. The molecular weight excluding hydrogens is 356 g/mol. The molecule has 2 aliphatic rings. The van der Waals surface area contributed by atoms with Gasteiger partial charge in [-0.3, -0.25) is 4.90 Å². The SMILES string of the molecule is CC/C(Cl)=C(/C(c1ccccc1)N1CCNCC1)C(C)(C)C1CNCCN1. The van der Waals surface area contributed by atoms with Crippen molar-refractivity contribution >= 4 is 11.6 Å². The number of piperazine rings is 2. The van der Waals surface area contributed by atoms with E-state index in [2.05, 4.69) is 72.0 Å². The van der Waals surface area contributed by atoms with Crippen LogP contribution in [0.5, 0.6) is 0 Å². The van der Waals surface area contributed by atoms with Crippen LogP contribution in [0.25, 0.3) is 0 Å². The fraction of sp³-hybridized carbons (Fsp3) is 0.636. The van der Waals surface area contributed by atoms with Gasteiger partial charge >= 0.3 is 0 Å². The minimum atomic E-state index is -0.0497. The summed E-state index contributed by atoms with van der Waals surface area (Å²) in [6.07, 6.45) is 0.871. The van der Waals surface area contributed by atoms with Crippen LogP contribution in [-0.2, 0) is 0 Å². The summed E-state index contributed by atoms with van der Waals surface area (Å²) in [4.78, 5) is 2.61. The van der Waals surface area contributed by atoms with Gasteiger partial charge in [-0.2, -0.15) is 0 Å². The van der Waals surface area contributed by atoms with Gasteiger partial charge in [-0.1, -0.05) is 62.7 Å². The topological polar surface area (TPSA) is 39.3 Å². The van der Waals surface area contributed by atoms with Crippen molar-refractivity contribution in [3.8, 4) is 0 Å². The van der Waals surface area contributed by atoms with Crippen molar-refractivity contribution in [2.75, 3.05) is 45.8 Å². The maximum Gasteiger partial charge on any atom is 0.0582 e. The number of halogens is 1. The maximum absolute atomic E-state index is 6.99. The highest BCUT2D eigenvalue weighted by Crippen LogP contribution is 2.45. The zero-order valence-corrected chi connectivity index (χ0v) is 17.8. The summed E-state index contributed by atoms with van der Waals surface area (Å²) in [6, 6.07) is 11.5. The van der Waals surface area contributed by atoms with Crippen LogP contribution in [0.3, 0.4) is 0 Å². The Morgan fingerprint density at radius 1 is 1.11 bits per heavy atom. The van der Waals surface area contributed by atoms with Crippen LogP contribution in [0.1, 0.15) is 38.8 Å². The molecule has 0 amide bonds. The Bertz CT molecular complexity index is 616. The van der Waals surface area contributed by atoms with Crippen LogP contribution in [0.2, 0.25) is 0 Å². The van der Waals surface area contributed by atoms with Crippen LogP contribution in [0.4, 0.5) is 0 Å². The summed E-state index contributed by atoms with van der Waals surface area (Å²) < 4.78 is 0. The zero-order valence-electron chi connectivity index (χ0n) is 17.0. The molecule has 0 aliphatic carbocycles. The van der Waals surface area contributed by atoms with Gasteiger partial charge in [0, 0.05) is 62.3 Å². The lowest BCUT2D eigenvalue weighted by Crippen LogP contribution is -2.57. The molecule has 2 atom stereocenters. The van der Waals surface area contributed by atoms with Crippen LogP contribution in [-0.4, -0.2) is 56.8 Å². The molecule has 150 valence electrons. The third-order valence-corrected chi connectivity index (χ3v) is 6.59. The Balaban J connectivity index is 2.05. The van der Waals surface area contributed by atoms with E-state index in [1.54, 1.807) is 0 Å². The number of benzene rings is 1. The molecular formula is C22H35ClN4. The van der Waals surface area contributed by atoms with E-state index in [1.807, 2.05) is 0 Å². The van der Waals surface area contributed by atoms with Crippen molar-refractivity contribution in [3.05, 3.63) is 46.5 Å². The van der Waals surface area contributed by atoms with E-state index in [4.69, 9.17) is 11.6 Å². The van der Waals surface area contributed by atoms with Crippen LogP contribution >= 0.6 is 11.6 Å². The molecule has 0 radical (unpaired) electrons. The van der Waals surface area contributed by atoms with Gasteiger partial charge in [0.05, 0.1) is 6.04 Å². The number of nitrogens with one attached hydrogen (secondary N) is 3. The van der Waals surface area contributed by atoms with Gasteiger partial charge in [-0.25, -0.2) is 0 Å². The Morgan fingerprint density at radius 3 is 2.41 bits per heavy atom. The highest BCUT2D eigenvalue weighted by molar-refractivity contribution is 6.30. The Morgan fingerprint density at radius 2 is 1.81 bits per heavy atom. The second-order valence-corrected chi connectivity index (χ2v) is 8.66. The lowest BCUT2D eigenvalue weighted by atomic mass is 9.71. The molecule has 0 saturated carbocycles. The molecule has 2 saturated heterocycles. The van der Waals surface area contributed by atoms with Crippen molar-refractivity contribution in [2.24, 2.45) is 5.41 Å². The largest absolute Gasteiger partial charge is 0.314 e. The van der Waals surface area contributed by atoms with Crippen molar-refractivity contribution in [1.29, 1.82) is 0 Å². The summed E-state index contributed by atoms with van der Waals surface area (Å²) in [7, 11) is 0. The molecule has 0 spiro atoms. The minimum Gasteiger partial charge on any atom is -0.314 e. The van der Waals surface area contributed by atoms with Crippen LogP contribution in [0.15, 0.2) is 40.9 Å². The first-order valence-corrected chi connectivity index (χ1v) is 10.8. The van der Waals surface area contributed by atoms with E-state index >= 15 is 0 Å². The van der Waals surface area contributed by atoms with E-state index in [9.17, 15) is 0 Å². The molecule has 3 N–H and O–H groups in total. The van der Waals surface area contributed by atoms with E-state index < -0.39 is 0 Å². The third-order valence-electron chi connectivity index (χ3n) is 6.11. The molecule has 1 aromatic rings. The molecule has 2 unspecified atom stereocenters. The molecule has 2 fully saturated rings. The molecule has 2 aliphatic heterocycles. The van der Waals surface area contributed by atoms with Crippen LogP contribution < -0.4 is 16.0 Å². The van der Waals surface area contributed by atoms with Gasteiger partial charge < -0.3 is 16.0 Å². The molecule has 0 bridgehead atoms. The standard InChI is InChI=1S/C22H35ClN4/c1-4-18(23)20(22(2,3)19-16-25-10-11-26-19)21(17-8-6-5-7-9-17)27-14-12-24-13-15-27/h5-9,19,21,24-26H,4,10-16H2,1-3H3/b20-18+. The van der Waals surface area contributed by atoms with Gasteiger partial charge in [0.1, 0.15) is 0 Å². The number of hydrogen-bond donors (Lipinski definition) is 3. The number of hydrogen-bond acceptors (Lipinski definition) is 4. The average molecular weight is 391 g/mol. The Labute approximate surface area is 169 Å². The number of rotatable bonds is 6. The summed E-state index contributed by atoms with van der Waals surface area (Å²) in [5.74, 6) is 0. The molecule has 0 aromatic heterocycles. The molecule has 3 rings (SSSR count). The van der Waals surface area contributed by atoms with Crippen molar-refractivity contribution in [3.63, 3.8) is 0 Å². The lowest BCUT2D eigenvalue weighted by Gasteiger charge is -2.47.